The second-order valence-electron chi connectivity index (χ2n) is 6.23. The van der Waals surface area contributed by atoms with Crippen molar-refractivity contribution in [1.82, 2.24) is 0 Å². The van der Waals surface area contributed by atoms with E-state index in [1.54, 1.807) is 7.11 Å². The third kappa shape index (κ3) is 9.11. The molecule has 0 amide bonds. The van der Waals surface area contributed by atoms with Crippen LogP contribution in [-0.2, 0) is 32.3 Å². The number of rotatable bonds is 3. The molecule has 26 heavy (non-hydrogen) atoms. The van der Waals surface area contributed by atoms with Crippen molar-refractivity contribution in [2.45, 2.75) is 26.2 Å². The maximum Gasteiger partial charge on any atom is -0.0771 e. The molecule has 3 rings (SSSR count). The van der Waals surface area contributed by atoms with E-state index in [9.17, 15) is 0 Å². The van der Waals surface area contributed by atoms with Crippen LogP contribution in [-0.4, -0.2) is 24.7 Å². The molecule has 0 spiro atoms. The largest absolute Gasteiger partial charge is 0.126 e. The summed E-state index contributed by atoms with van der Waals surface area (Å²) in [6.07, 6.45) is 0. The molecule has 0 fully saturated rings. The summed E-state index contributed by atoms with van der Waals surface area (Å²) < 4.78 is 18.9. The number of hydrogen-bond acceptors (Lipinski definition) is 3. The van der Waals surface area contributed by atoms with E-state index in [-0.39, 0.29) is 24.8 Å². The first-order valence-corrected chi connectivity index (χ1v) is 13.6. The minimum Gasteiger partial charge on any atom is -0.126 e. The fourth-order valence-electron chi connectivity index (χ4n) is 2.38. The van der Waals surface area contributed by atoms with Crippen molar-refractivity contribution >= 4 is 64.0 Å². The van der Waals surface area contributed by atoms with E-state index in [1.165, 1.54) is 21.5 Å². The van der Waals surface area contributed by atoms with Crippen molar-refractivity contribution < 1.29 is 32.3 Å². The van der Waals surface area contributed by atoms with Crippen LogP contribution >= 0.6 is 24.8 Å². The third-order valence-electron chi connectivity index (χ3n) is 3.26. The summed E-state index contributed by atoms with van der Waals surface area (Å²) in [6.45, 7) is 8.52. The van der Waals surface area contributed by atoms with Crippen molar-refractivity contribution in [3.8, 4) is 0 Å². The Bertz CT molecular complexity index is 712. The van der Waals surface area contributed by atoms with Crippen molar-refractivity contribution in [3.63, 3.8) is 0 Å². The van der Waals surface area contributed by atoms with E-state index in [0.29, 0.717) is 0 Å². The van der Waals surface area contributed by atoms with Crippen LogP contribution in [0.1, 0.15) is 0 Å². The molecule has 3 aromatic carbocycles. The first-order chi connectivity index (χ1) is 11.4. The zero-order valence-corrected chi connectivity index (χ0v) is 20.9. The molecule has 0 bridgehead atoms. The first-order valence-electron chi connectivity index (χ1n) is 7.71. The molecule has 3 aromatic rings. The molecule has 0 saturated heterocycles. The third-order valence-corrected chi connectivity index (χ3v) is 7.43. The van der Waals surface area contributed by atoms with Crippen LogP contribution < -0.4 is 0 Å². The molecule has 0 saturated carbocycles. The first kappa shape index (κ1) is 28.0. The van der Waals surface area contributed by atoms with Gasteiger partial charge in [0.2, 0.25) is 0 Å². The van der Waals surface area contributed by atoms with Gasteiger partial charge in [-0.2, -0.15) is 0 Å². The fraction of sp³-hybridized carbons (Fsp3) is 0.278. The topological polar surface area (TPSA) is 35.5 Å². The van der Waals surface area contributed by atoms with Gasteiger partial charge < -0.3 is 8.54 Å². The predicted octanol–water partition coefficient (Wildman–Crippen LogP) is 6.04. The van der Waals surface area contributed by atoms with Crippen LogP contribution in [0.4, 0.5) is 0 Å². The van der Waals surface area contributed by atoms with E-state index in [0.717, 1.165) is 20.4 Å². The standard InChI is InChI=1S/C13H9.C5H15O2Si2.2ClH.O.Ti/c1-3-7-12-10(5-1)9-11-6-2-4-8-13(11)12;1-6-8(2)7-9(3,4)5;;;;/h1-9H;1-5H3;2*1H;;/q-1;;;;;+1. The van der Waals surface area contributed by atoms with Gasteiger partial charge in [-0.15, -0.1) is 64.6 Å². The Balaban J connectivity index is 0. The fourth-order valence-corrected chi connectivity index (χ4v) is 6.16. The molecule has 0 aliphatic rings. The zero-order chi connectivity index (χ0) is 18.2. The summed E-state index contributed by atoms with van der Waals surface area (Å²) in [6, 6.07) is 19.3. The van der Waals surface area contributed by atoms with Crippen LogP contribution in [0.2, 0.25) is 26.2 Å². The Morgan fingerprint density at radius 3 is 1.58 bits per heavy atom. The van der Waals surface area contributed by atoms with Gasteiger partial charge >= 0.3 is 33.0 Å². The van der Waals surface area contributed by atoms with Gasteiger partial charge in [-0.05, 0) is 26.2 Å². The maximum atomic E-state index is 8.25. The average molecular weight is 465 g/mol. The summed E-state index contributed by atoms with van der Waals surface area (Å²) in [4.78, 5) is 0. The van der Waals surface area contributed by atoms with Gasteiger partial charge in [0, 0.05) is 7.11 Å². The molecule has 0 aliphatic heterocycles. The molecule has 0 N–H and O–H groups in total. The van der Waals surface area contributed by atoms with Crippen molar-refractivity contribution in [2.24, 2.45) is 0 Å². The van der Waals surface area contributed by atoms with Gasteiger partial charge in [-0.25, -0.2) is 0 Å². The molecule has 142 valence electrons. The Hall–Kier alpha value is -0.242. The Morgan fingerprint density at radius 2 is 1.27 bits per heavy atom. The second kappa shape index (κ2) is 13.9. The number of fused-ring (bicyclic) bond motifs is 3. The molecular weight excluding hydrogens is 439 g/mol. The minimum absolute atomic E-state index is 0. The molecule has 3 nitrogen and oxygen atoms in total. The second-order valence-corrected chi connectivity index (χ2v) is 12.7. The molecular formula is C18H26Cl2O3Si2Ti. The van der Waals surface area contributed by atoms with E-state index in [2.05, 4.69) is 74.2 Å². The molecule has 0 aliphatic carbocycles. The minimum atomic E-state index is -1.32. The molecule has 0 aromatic heterocycles. The van der Waals surface area contributed by atoms with E-state index in [4.69, 9.17) is 11.9 Å². The SMILES string of the molecule is CO[Si](C)O[Si](C)(C)C.Cl.Cl.[O]=[Ti+].c1ccc2c(c1)[cH-]c1ccccc12. The predicted molar refractivity (Wildman–Crippen MR) is 115 cm³/mol. The van der Waals surface area contributed by atoms with Gasteiger partial charge in [0.1, 0.15) is 0 Å². The van der Waals surface area contributed by atoms with Gasteiger partial charge in [-0.1, -0.05) is 36.4 Å². The summed E-state index contributed by atoms with van der Waals surface area (Å²) >= 11 is 0.750. The van der Waals surface area contributed by atoms with Gasteiger partial charge in [0.25, 0.3) is 0 Å². The Kier molecular flexibility index (Phi) is 14.9. The Morgan fingerprint density at radius 1 is 0.885 bits per heavy atom. The number of halogens is 2. The average Bonchev–Trinajstić information content (AvgIpc) is 2.94. The van der Waals surface area contributed by atoms with Crippen LogP contribution in [0.5, 0.6) is 0 Å². The van der Waals surface area contributed by atoms with Crippen molar-refractivity contribution in [3.05, 3.63) is 54.6 Å². The monoisotopic (exact) mass is 464 g/mol. The number of benzene rings is 2. The van der Waals surface area contributed by atoms with Crippen LogP contribution in [0, 0.1) is 0 Å². The zero-order valence-electron chi connectivity index (χ0n) is 15.7. The maximum absolute atomic E-state index is 8.25. The van der Waals surface area contributed by atoms with Gasteiger partial charge in [0.05, 0.1) is 0 Å². The van der Waals surface area contributed by atoms with Gasteiger partial charge in [0.15, 0.2) is 8.32 Å². The van der Waals surface area contributed by atoms with E-state index < -0.39 is 17.6 Å². The Labute approximate surface area is 183 Å². The smallest absolute Gasteiger partial charge is 0.0771 e. The van der Waals surface area contributed by atoms with Crippen LogP contribution in [0.25, 0.3) is 21.5 Å². The van der Waals surface area contributed by atoms with E-state index in [1.807, 2.05) is 6.55 Å². The summed E-state index contributed by atoms with van der Waals surface area (Å²) in [5.41, 5.74) is 0. The van der Waals surface area contributed by atoms with Crippen LogP contribution in [0.3, 0.4) is 0 Å². The summed E-state index contributed by atoms with van der Waals surface area (Å²) in [7, 11) is -0.543. The molecule has 0 heterocycles. The quantitative estimate of drug-likeness (QED) is 0.350. The summed E-state index contributed by atoms with van der Waals surface area (Å²) in [5, 5.41) is 5.39. The summed E-state index contributed by atoms with van der Waals surface area (Å²) in [5.74, 6) is 0. The normalized spacial score (nSPS) is 10.2. The van der Waals surface area contributed by atoms with E-state index >= 15 is 0 Å². The van der Waals surface area contributed by atoms with Crippen molar-refractivity contribution in [1.29, 1.82) is 0 Å². The number of hydrogen-bond donors (Lipinski definition) is 0. The molecule has 0 atom stereocenters. The van der Waals surface area contributed by atoms with Gasteiger partial charge in [-0.3, -0.25) is 0 Å². The van der Waals surface area contributed by atoms with Crippen molar-refractivity contribution in [2.75, 3.05) is 7.11 Å². The molecule has 1 radical (unpaired) electrons. The molecule has 8 heteroatoms. The van der Waals surface area contributed by atoms with Crippen LogP contribution in [0.15, 0.2) is 54.6 Å². The molecule has 0 unspecified atom stereocenters.